The summed E-state index contributed by atoms with van der Waals surface area (Å²) in [5, 5.41) is 21.7. The van der Waals surface area contributed by atoms with Gasteiger partial charge in [0.1, 0.15) is 18.0 Å². The number of fused-ring (bicyclic) bond motifs is 9. The molecule has 12 heteroatoms. The maximum atomic E-state index is 14.0. The minimum atomic E-state index is -0.947. The van der Waals surface area contributed by atoms with Crippen LogP contribution in [0.5, 0.6) is 0 Å². The first kappa shape index (κ1) is 37.6. The molecule has 8 aliphatic heterocycles. The van der Waals surface area contributed by atoms with Crippen LogP contribution in [0.2, 0.25) is 0 Å². The topological polar surface area (TPSA) is 157 Å². The average Bonchev–Trinajstić information content (AvgIpc) is 3.72. The first-order valence-electron chi connectivity index (χ1n) is 20.1. The number of hydrogen-bond donors (Lipinski definition) is 3. The van der Waals surface area contributed by atoms with Crippen LogP contribution in [-0.2, 0) is 42.7 Å². The van der Waals surface area contributed by atoms with Gasteiger partial charge in [-0.1, -0.05) is 20.1 Å². The Morgan fingerprint density at radius 2 is 1.63 bits per heavy atom. The van der Waals surface area contributed by atoms with E-state index in [4.69, 9.17) is 43.6 Å². The fourth-order valence-electron chi connectivity index (χ4n) is 10.8. The van der Waals surface area contributed by atoms with E-state index in [0.29, 0.717) is 38.5 Å². The number of hydrogen-bond acceptors (Lipinski definition) is 12. The van der Waals surface area contributed by atoms with E-state index in [2.05, 4.69) is 20.1 Å². The highest BCUT2D eigenvalue weighted by Crippen LogP contribution is 2.49. The third kappa shape index (κ3) is 7.48. The van der Waals surface area contributed by atoms with Crippen LogP contribution in [0.25, 0.3) is 0 Å². The normalized spacial score (nSPS) is 50.4. The number of ether oxygens (including phenoxy) is 8. The molecule has 3 unspecified atom stereocenters. The Balaban J connectivity index is 1.06. The molecule has 0 radical (unpaired) electrons. The van der Waals surface area contributed by atoms with E-state index < -0.39 is 30.2 Å². The summed E-state index contributed by atoms with van der Waals surface area (Å²) in [7, 11) is 1.65. The van der Waals surface area contributed by atoms with E-state index >= 15 is 0 Å². The standard InChI is InChI=1S/C40H61NO11/c1-20-11-25-5-7-30-21(2)12-27(46-30)9-10-40-18-29(44)38(52-40)35-17-36(51-40)39-31(49-35)8-6-26(48-39)13-23(42)14-28-33(16-32(47-25)22(20)3)50-34(37(28)45-4)15-24(43)19-41/h20,24-39,43-44H,2-3,5-19,41H2,1,4H3/t20-,24+,25?,26-,27+,28+,29-,30+,31+,32?,33+,34?,35-,36-,37-,38+,39+,40-/m1/s1. The molecular weight excluding hydrogens is 670 g/mol. The Kier molecular flexibility index (Phi) is 11.1. The predicted molar refractivity (Wildman–Crippen MR) is 188 cm³/mol. The molecule has 18 atom stereocenters. The highest BCUT2D eigenvalue weighted by molar-refractivity contribution is 5.79. The molecule has 0 aliphatic carbocycles. The molecule has 8 saturated heterocycles. The third-order valence-electron chi connectivity index (χ3n) is 13.6. The number of carbonyl (C=O) groups excluding carboxylic acids is 1. The van der Waals surface area contributed by atoms with E-state index in [1.54, 1.807) is 7.11 Å². The Morgan fingerprint density at radius 1 is 0.846 bits per heavy atom. The van der Waals surface area contributed by atoms with E-state index in [0.717, 1.165) is 49.7 Å². The maximum absolute atomic E-state index is 14.0. The van der Waals surface area contributed by atoms with Crippen molar-refractivity contribution in [2.24, 2.45) is 17.6 Å². The van der Waals surface area contributed by atoms with Crippen molar-refractivity contribution in [1.29, 1.82) is 0 Å². The van der Waals surface area contributed by atoms with Gasteiger partial charge < -0.3 is 53.8 Å². The maximum Gasteiger partial charge on any atom is 0.172 e. The smallest absolute Gasteiger partial charge is 0.172 e. The number of nitrogens with two attached hydrogens (primary N) is 1. The molecule has 0 saturated carbocycles. The van der Waals surface area contributed by atoms with Crippen molar-refractivity contribution < 1.29 is 52.9 Å². The summed E-state index contributed by atoms with van der Waals surface area (Å²) in [6.45, 7) is 11.2. The van der Waals surface area contributed by atoms with Gasteiger partial charge in [0.05, 0.1) is 79.4 Å². The fourth-order valence-corrected chi connectivity index (χ4v) is 10.8. The zero-order valence-electron chi connectivity index (χ0n) is 31.0. The summed E-state index contributed by atoms with van der Waals surface area (Å²) in [5.74, 6) is -0.819. The summed E-state index contributed by atoms with van der Waals surface area (Å²) >= 11 is 0. The fraction of sp³-hybridized carbons (Fsp3) is 0.875. The van der Waals surface area contributed by atoms with E-state index in [1.165, 1.54) is 0 Å². The monoisotopic (exact) mass is 731 g/mol. The van der Waals surface area contributed by atoms with Crippen molar-refractivity contribution >= 4 is 5.78 Å². The summed E-state index contributed by atoms with van der Waals surface area (Å²) in [6, 6.07) is 0. The van der Waals surface area contributed by atoms with Gasteiger partial charge in [-0.2, -0.15) is 0 Å². The van der Waals surface area contributed by atoms with Crippen LogP contribution in [0.4, 0.5) is 0 Å². The first-order chi connectivity index (χ1) is 25.0. The van der Waals surface area contributed by atoms with E-state index in [1.807, 2.05) is 0 Å². The van der Waals surface area contributed by atoms with Gasteiger partial charge in [-0.05, 0) is 62.0 Å². The lowest BCUT2D eigenvalue weighted by atomic mass is 9.81. The summed E-state index contributed by atoms with van der Waals surface area (Å²) < 4.78 is 52.9. The van der Waals surface area contributed by atoms with Gasteiger partial charge >= 0.3 is 0 Å². The van der Waals surface area contributed by atoms with Crippen molar-refractivity contribution in [2.45, 2.75) is 194 Å². The van der Waals surface area contributed by atoms with Crippen LogP contribution < -0.4 is 5.73 Å². The average molecular weight is 732 g/mol. The van der Waals surface area contributed by atoms with E-state index in [-0.39, 0.29) is 104 Å². The largest absolute Gasteiger partial charge is 0.392 e. The highest BCUT2D eigenvalue weighted by Gasteiger charge is 2.59. The van der Waals surface area contributed by atoms with Crippen LogP contribution in [0.3, 0.4) is 0 Å². The number of aliphatic hydroxyl groups is 2. The van der Waals surface area contributed by atoms with Gasteiger partial charge in [-0.15, -0.1) is 0 Å². The van der Waals surface area contributed by atoms with Crippen LogP contribution in [0.15, 0.2) is 24.3 Å². The Hall–Kier alpha value is -1.29. The van der Waals surface area contributed by atoms with E-state index in [9.17, 15) is 15.0 Å². The Morgan fingerprint density at radius 3 is 2.44 bits per heavy atom. The van der Waals surface area contributed by atoms with Crippen molar-refractivity contribution in [2.75, 3.05) is 13.7 Å². The van der Waals surface area contributed by atoms with Gasteiger partial charge in [-0.25, -0.2) is 0 Å². The third-order valence-corrected chi connectivity index (χ3v) is 13.6. The quantitative estimate of drug-likeness (QED) is 0.363. The summed E-state index contributed by atoms with van der Waals surface area (Å²) in [5.41, 5.74) is 7.96. The highest BCUT2D eigenvalue weighted by atomic mass is 16.7. The molecule has 52 heavy (non-hydrogen) atoms. The lowest BCUT2D eigenvalue weighted by Crippen LogP contribution is -2.58. The second kappa shape index (κ2) is 15.3. The van der Waals surface area contributed by atoms with Gasteiger partial charge in [0.2, 0.25) is 0 Å². The summed E-state index contributed by atoms with van der Waals surface area (Å²) in [4.78, 5) is 14.0. The minimum Gasteiger partial charge on any atom is -0.392 e. The molecule has 8 heterocycles. The van der Waals surface area contributed by atoms with Gasteiger partial charge in [-0.3, -0.25) is 4.79 Å². The van der Waals surface area contributed by atoms with Gasteiger partial charge in [0.15, 0.2) is 5.79 Å². The molecular formula is C40H61NO11. The molecule has 8 fully saturated rings. The molecule has 10 bridgehead atoms. The van der Waals surface area contributed by atoms with Crippen LogP contribution in [0, 0.1) is 11.8 Å². The van der Waals surface area contributed by atoms with Crippen molar-refractivity contribution in [3.8, 4) is 0 Å². The van der Waals surface area contributed by atoms with Crippen molar-refractivity contribution in [1.82, 2.24) is 0 Å². The molecule has 8 rings (SSSR count). The molecule has 292 valence electrons. The lowest BCUT2D eigenvalue weighted by Gasteiger charge is -2.47. The number of carbonyl (C=O) groups is 1. The second-order valence-electron chi connectivity index (χ2n) is 17.2. The molecule has 0 aromatic rings. The van der Waals surface area contributed by atoms with Crippen LogP contribution >= 0.6 is 0 Å². The number of Topliss-reactive ketones (excluding diaryl/α,β-unsaturated/α-hetero) is 1. The lowest BCUT2D eigenvalue weighted by molar-refractivity contribution is -0.277. The molecule has 12 nitrogen and oxygen atoms in total. The Bertz CT molecular complexity index is 1330. The number of ketones is 1. The molecule has 4 N–H and O–H groups in total. The predicted octanol–water partition coefficient (Wildman–Crippen LogP) is 3.42. The molecule has 0 amide bonds. The molecule has 8 aliphatic rings. The van der Waals surface area contributed by atoms with Crippen molar-refractivity contribution in [3.63, 3.8) is 0 Å². The second-order valence-corrected chi connectivity index (χ2v) is 17.2. The van der Waals surface area contributed by atoms with Crippen LogP contribution in [-0.4, -0.2) is 127 Å². The van der Waals surface area contributed by atoms with Crippen LogP contribution in [0.1, 0.15) is 96.8 Å². The number of rotatable bonds is 4. The zero-order valence-corrected chi connectivity index (χ0v) is 31.0. The minimum absolute atomic E-state index is 0.00397. The first-order valence-corrected chi connectivity index (χ1v) is 20.1. The summed E-state index contributed by atoms with van der Waals surface area (Å²) in [6.07, 6.45) is 3.90. The Labute approximate surface area is 308 Å². The number of methoxy groups -OCH3 is 1. The molecule has 1 spiro atoms. The molecule has 0 aromatic carbocycles. The van der Waals surface area contributed by atoms with Gasteiger partial charge in [0.25, 0.3) is 0 Å². The van der Waals surface area contributed by atoms with Crippen molar-refractivity contribution in [3.05, 3.63) is 24.3 Å². The zero-order chi connectivity index (χ0) is 36.3. The SMILES string of the molecule is C=C1C2C[C@@H]3OC(C[C@H](O)CN)[C@H](OC)[C@H]3CC(=O)C[C@H]3CC[C@@H]4O[C@@H]5C[C@@H](O[C@@]6(CC[C@H]7CC(=C)[C@H](CCC(C[C@H]1C)O2)O7)C[C@@H](O)[C@@H]5O6)[C@H]4O3. The van der Waals surface area contributed by atoms with Gasteiger partial charge in [0, 0.05) is 64.5 Å². The molecule has 0 aromatic heterocycles. The number of aliphatic hydroxyl groups excluding tert-OH is 2.